The fourth-order valence-electron chi connectivity index (χ4n) is 0.167. The van der Waals surface area contributed by atoms with Gasteiger partial charge >= 0.3 is 21.1 Å². The zero-order chi connectivity index (χ0) is 5.70. The van der Waals surface area contributed by atoms with E-state index < -0.39 is 9.04 Å². The Balaban J connectivity index is 0. The fraction of sp³-hybridized carbons (Fsp3) is 0. The SMILES string of the molecule is C=C[Si](C=C)O[Si].[Pt+2]. The zero-order valence-corrected chi connectivity index (χ0v) is 8.57. The van der Waals surface area contributed by atoms with Gasteiger partial charge < -0.3 is 4.12 Å². The minimum atomic E-state index is -0.921. The smallest absolute Gasteiger partial charge is 0.451 e. The molecule has 0 aliphatic rings. The van der Waals surface area contributed by atoms with Crippen LogP contribution in [-0.2, 0) is 25.2 Å². The Morgan fingerprint density at radius 2 is 1.75 bits per heavy atom. The molecule has 0 N–H and O–H groups in total. The maximum Gasteiger partial charge on any atom is 2.00 e. The van der Waals surface area contributed by atoms with E-state index in [0.29, 0.717) is 0 Å². The van der Waals surface area contributed by atoms with Crippen LogP contribution in [0.25, 0.3) is 0 Å². The van der Waals surface area contributed by atoms with Crippen LogP contribution in [0.1, 0.15) is 0 Å². The molecule has 0 aliphatic carbocycles. The third-order valence-electron chi connectivity index (χ3n) is 0.520. The molecule has 0 saturated carbocycles. The fourth-order valence-corrected chi connectivity index (χ4v) is 1.00. The van der Waals surface area contributed by atoms with Gasteiger partial charge in [-0.1, -0.05) is 11.4 Å². The number of rotatable bonds is 3. The quantitative estimate of drug-likeness (QED) is 0.689. The minimum Gasteiger partial charge on any atom is -0.451 e. The van der Waals surface area contributed by atoms with Crippen molar-refractivity contribution in [2.75, 3.05) is 0 Å². The Morgan fingerprint density at radius 3 is 1.75 bits per heavy atom. The molecule has 0 amide bonds. The van der Waals surface area contributed by atoms with Gasteiger partial charge in [0.25, 0.3) is 9.04 Å². The number of hydrogen-bond acceptors (Lipinski definition) is 1. The molecule has 0 fully saturated rings. The Morgan fingerprint density at radius 1 is 1.38 bits per heavy atom. The molecule has 0 atom stereocenters. The second-order valence-corrected chi connectivity index (χ2v) is 3.35. The summed E-state index contributed by atoms with van der Waals surface area (Å²) in [6.45, 7) is 7.04. The van der Waals surface area contributed by atoms with Gasteiger partial charge in [-0.2, -0.15) is 0 Å². The van der Waals surface area contributed by atoms with Gasteiger partial charge in [-0.15, -0.1) is 13.2 Å². The molecule has 1 nitrogen and oxygen atoms in total. The second kappa shape index (κ2) is 7.56. The molecule has 0 unspecified atom stereocenters. The van der Waals surface area contributed by atoms with Crippen molar-refractivity contribution in [3.63, 3.8) is 0 Å². The van der Waals surface area contributed by atoms with Crippen molar-refractivity contribution in [1.29, 1.82) is 0 Å². The van der Waals surface area contributed by atoms with Gasteiger partial charge in [-0.05, 0) is 0 Å². The molecule has 0 saturated heterocycles. The summed E-state index contributed by atoms with van der Waals surface area (Å²) >= 11 is 0. The summed E-state index contributed by atoms with van der Waals surface area (Å²) < 4.78 is 4.72. The first kappa shape index (κ1) is 11.4. The first-order valence-corrected chi connectivity index (χ1v) is 3.77. The molecule has 0 aromatic heterocycles. The third kappa shape index (κ3) is 4.71. The predicted molar refractivity (Wildman–Crippen MR) is 33.0 cm³/mol. The van der Waals surface area contributed by atoms with Crippen molar-refractivity contribution in [3.05, 3.63) is 24.6 Å². The summed E-state index contributed by atoms with van der Waals surface area (Å²) in [6.07, 6.45) is 0. The molecule has 0 aliphatic heterocycles. The largest absolute Gasteiger partial charge is 2.00 e. The van der Waals surface area contributed by atoms with Crippen LogP contribution >= 0.6 is 0 Å². The summed E-state index contributed by atoms with van der Waals surface area (Å²) in [5, 5.41) is 0. The van der Waals surface area contributed by atoms with E-state index in [1.165, 1.54) is 0 Å². The van der Waals surface area contributed by atoms with Gasteiger partial charge in [0.05, 0.1) is 0 Å². The van der Waals surface area contributed by atoms with Crippen molar-refractivity contribution in [1.82, 2.24) is 0 Å². The first-order chi connectivity index (χ1) is 3.35. The average Bonchev–Trinajstić information content (AvgIpc) is 1.72. The van der Waals surface area contributed by atoms with Crippen LogP contribution in [0.5, 0.6) is 0 Å². The summed E-state index contributed by atoms with van der Waals surface area (Å²) in [7, 11) is 1.96. The Kier molecular flexibility index (Phi) is 10.7. The molecule has 0 aromatic carbocycles. The van der Waals surface area contributed by atoms with E-state index in [4.69, 9.17) is 4.12 Å². The van der Waals surface area contributed by atoms with Crippen LogP contribution in [0.3, 0.4) is 0 Å². The van der Waals surface area contributed by atoms with Crippen LogP contribution in [0, 0.1) is 0 Å². The van der Waals surface area contributed by atoms with Gasteiger partial charge in [-0.25, -0.2) is 0 Å². The van der Waals surface area contributed by atoms with E-state index in [1.807, 2.05) is 0 Å². The van der Waals surface area contributed by atoms with Crippen LogP contribution in [0.2, 0.25) is 0 Å². The molecule has 0 bridgehead atoms. The van der Waals surface area contributed by atoms with E-state index in [-0.39, 0.29) is 21.1 Å². The van der Waals surface area contributed by atoms with Gasteiger partial charge in [0, 0.05) is 0 Å². The minimum absolute atomic E-state index is 0. The molecule has 8 heavy (non-hydrogen) atoms. The van der Waals surface area contributed by atoms with Crippen molar-refractivity contribution < 1.29 is 25.2 Å². The molecule has 44 valence electrons. The Bertz CT molecular complexity index is 68.4. The van der Waals surface area contributed by atoms with Gasteiger partial charge in [-0.3, -0.25) is 0 Å². The molecule has 0 spiro atoms. The maximum absolute atomic E-state index is 4.72. The van der Waals surface area contributed by atoms with Crippen molar-refractivity contribution in [3.8, 4) is 0 Å². The Hall–Kier alpha value is 0.562. The molecule has 0 aromatic rings. The summed E-state index contributed by atoms with van der Waals surface area (Å²) in [5.74, 6) is 0. The van der Waals surface area contributed by atoms with Crippen molar-refractivity contribution in [2.24, 2.45) is 0 Å². The average molecular weight is 321 g/mol. The molecular weight excluding hydrogens is 315 g/mol. The normalized spacial score (nSPS) is 7.75. The van der Waals surface area contributed by atoms with E-state index in [9.17, 15) is 0 Å². The standard InChI is InChI=1S/C4H6OSi2.Pt/c1-3-7(4-2)5-6;/h3-4H,1-2H2;/q;+2. The van der Waals surface area contributed by atoms with Crippen LogP contribution < -0.4 is 0 Å². The molecule has 0 heterocycles. The van der Waals surface area contributed by atoms with Gasteiger partial charge in [0.1, 0.15) is 0 Å². The monoisotopic (exact) mass is 321 g/mol. The van der Waals surface area contributed by atoms with Crippen LogP contribution in [0.4, 0.5) is 0 Å². The van der Waals surface area contributed by atoms with Gasteiger partial charge in [0.2, 0.25) is 10.5 Å². The van der Waals surface area contributed by atoms with Gasteiger partial charge in [0.15, 0.2) is 0 Å². The maximum atomic E-state index is 4.72. The Labute approximate surface area is 69.4 Å². The van der Waals surface area contributed by atoms with E-state index in [2.05, 4.69) is 23.6 Å². The zero-order valence-electron chi connectivity index (χ0n) is 4.29. The van der Waals surface area contributed by atoms with Crippen LogP contribution in [0.15, 0.2) is 24.6 Å². The summed E-state index contributed by atoms with van der Waals surface area (Å²) in [5.41, 5.74) is 3.48. The predicted octanol–water partition coefficient (Wildman–Crippen LogP) is 0.526. The second-order valence-electron chi connectivity index (χ2n) is 0.913. The van der Waals surface area contributed by atoms with Crippen molar-refractivity contribution in [2.45, 2.75) is 0 Å². The van der Waals surface area contributed by atoms with Crippen molar-refractivity contribution >= 4 is 19.5 Å². The molecule has 4 radical (unpaired) electrons. The molecular formula is C4H6OPtSi2+2. The third-order valence-corrected chi connectivity index (χ3v) is 2.27. The van der Waals surface area contributed by atoms with Crippen LogP contribution in [-0.4, -0.2) is 19.5 Å². The first-order valence-electron chi connectivity index (χ1n) is 1.80. The van der Waals surface area contributed by atoms with E-state index >= 15 is 0 Å². The summed E-state index contributed by atoms with van der Waals surface area (Å²) in [4.78, 5) is 0. The topological polar surface area (TPSA) is 9.23 Å². The molecule has 4 heteroatoms. The summed E-state index contributed by atoms with van der Waals surface area (Å²) in [6, 6.07) is 0. The number of hydrogen-bond donors (Lipinski definition) is 0. The molecule has 0 rings (SSSR count). The van der Waals surface area contributed by atoms with E-state index in [0.717, 1.165) is 0 Å². The van der Waals surface area contributed by atoms with E-state index in [1.54, 1.807) is 11.4 Å².